The molecule has 0 spiro atoms. The van der Waals surface area contributed by atoms with Crippen molar-refractivity contribution < 1.29 is 23.8 Å². The number of fused-ring (bicyclic) bond motifs is 1. The van der Waals surface area contributed by atoms with Crippen LogP contribution in [0.25, 0.3) is 10.9 Å². The quantitative estimate of drug-likeness (QED) is 0.414. The van der Waals surface area contributed by atoms with Crippen molar-refractivity contribution in [2.45, 2.75) is 44.8 Å². The Morgan fingerprint density at radius 3 is 2.50 bits per heavy atom. The number of rotatable bonds is 11. The van der Waals surface area contributed by atoms with Crippen LogP contribution in [0.15, 0.2) is 48.7 Å². The summed E-state index contributed by atoms with van der Waals surface area (Å²) in [4.78, 5) is 15.2. The van der Waals surface area contributed by atoms with E-state index in [9.17, 15) is 9.18 Å². The molecule has 0 unspecified atom stereocenters. The number of piperidine rings is 1. The Kier molecular flexibility index (Phi) is 8.19. The van der Waals surface area contributed by atoms with Gasteiger partial charge in [-0.1, -0.05) is 0 Å². The number of hydrogen-bond acceptors (Lipinski definition) is 5. The Labute approximate surface area is 199 Å². The van der Waals surface area contributed by atoms with Crippen LogP contribution in [0.1, 0.15) is 42.5 Å². The fourth-order valence-corrected chi connectivity index (χ4v) is 4.61. The van der Waals surface area contributed by atoms with Crippen LogP contribution in [0.4, 0.5) is 4.39 Å². The highest BCUT2D eigenvalue weighted by molar-refractivity contribution is 6.08. The Morgan fingerprint density at radius 2 is 1.79 bits per heavy atom. The molecule has 4 rings (SSSR count). The summed E-state index contributed by atoms with van der Waals surface area (Å²) in [6.45, 7) is 3.76. The highest BCUT2D eigenvalue weighted by Gasteiger charge is 2.21. The summed E-state index contributed by atoms with van der Waals surface area (Å²) in [6, 6.07) is 12.1. The van der Waals surface area contributed by atoms with Gasteiger partial charge in [-0.25, -0.2) is 4.39 Å². The fraction of sp³-hybridized carbons (Fsp3) is 0.444. The van der Waals surface area contributed by atoms with Gasteiger partial charge in [-0.2, -0.15) is 0 Å². The summed E-state index contributed by atoms with van der Waals surface area (Å²) in [5.74, 6) is 1.25. The van der Waals surface area contributed by atoms with Gasteiger partial charge in [0.05, 0.1) is 7.11 Å². The number of halogens is 1. The number of aryl methyl sites for hydroxylation is 1. The van der Waals surface area contributed by atoms with Gasteiger partial charge in [0.15, 0.2) is 5.78 Å². The monoisotopic (exact) mass is 468 g/mol. The number of aromatic nitrogens is 1. The molecule has 6 nitrogen and oxygen atoms in total. The van der Waals surface area contributed by atoms with Gasteiger partial charge in [-0.15, -0.1) is 0 Å². The third-order valence-electron chi connectivity index (χ3n) is 6.47. The number of methoxy groups -OCH3 is 1. The zero-order valence-electron chi connectivity index (χ0n) is 19.7. The molecular formula is C27H33FN2O4. The topological polar surface area (TPSA) is 63.9 Å². The number of likely N-dealkylation sites (tertiary alicyclic amines) is 1. The number of hydrogen-bond donors (Lipinski definition) is 1. The highest BCUT2D eigenvalue weighted by Crippen LogP contribution is 2.28. The van der Waals surface area contributed by atoms with Crippen molar-refractivity contribution in [3.8, 4) is 11.5 Å². The minimum atomic E-state index is -0.251. The molecule has 182 valence electrons. The van der Waals surface area contributed by atoms with Crippen molar-refractivity contribution in [3.63, 3.8) is 0 Å². The maximum Gasteiger partial charge on any atom is 0.165 e. The lowest BCUT2D eigenvalue weighted by molar-refractivity contribution is 0.0972. The molecule has 1 saturated heterocycles. The Hall–Kier alpha value is -2.90. The lowest BCUT2D eigenvalue weighted by Crippen LogP contribution is -2.38. The standard InChI is InChI=1S/C27H33FN2O4/c1-33-23-9-10-26-24(18-23)25(27(32)4-2-17-31)19-30(26)14-3-13-29-15-11-22(12-16-29)34-21-7-5-20(28)6-8-21/h5-10,18-19,22,31H,2-4,11-17H2,1H3. The molecule has 7 heteroatoms. The van der Waals surface area contributed by atoms with E-state index in [0.717, 1.165) is 67.8 Å². The largest absolute Gasteiger partial charge is 0.497 e. The predicted octanol–water partition coefficient (Wildman–Crippen LogP) is 4.68. The van der Waals surface area contributed by atoms with Crippen LogP contribution in [0.5, 0.6) is 11.5 Å². The second-order valence-corrected chi connectivity index (χ2v) is 8.84. The first-order chi connectivity index (χ1) is 16.6. The van der Waals surface area contributed by atoms with E-state index in [1.54, 1.807) is 19.2 Å². The van der Waals surface area contributed by atoms with Gasteiger partial charge in [-0.05, 0) is 74.7 Å². The van der Waals surface area contributed by atoms with Gasteiger partial charge in [-0.3, -0.25) is 4.79 Å². The second-order valence-electron chi connectivity index (χ2n) is 8.84. The molecular weight excluding hydrogens is 435 g/mol. The average Bonchev–Trinajstić information content (AvgIpc) is 3.23. The van der Waals surface area contributed by atoms with E-state index in [1.165, 1.54) is 12.1 Å². The summed E-state index contributed by atoms with van der Waals surface area (Å²) in [5, 5.41) is 10.0. The third-order valence-corrected chi connectivity index (χ3v) is 6.47. The van der Waals surface area contributed by atoms with Crippen LogP contribution in [0.2, 0.25) is 0 Å². The maximum absolute atomic E-state index is 13.1. The van der Waals surface area contributed by atoms with Crippen molar-refractivity contribution in [2.75, 3.05) is 33.4 Å². The van der Waals surface area contributed by atoms with Crippen molar-refractivity contribution in [1.29, 1.82) is 0 Å². The molecule has 1 aliphatic heterocycles. The van der Waals surface area contributed by atoms with Crippen molar-refractivity contribution in [3.05, 3.63) is 60.0 Å². The first-order valence-electron chi connectivity index (χ1n) is 12.0. The maximum atomic E-state index is 13.1. The smallest absolute Gasteiger partial charge is 0.165 e. The van der Waals surface area contributed by atoms with Crippen molar-refractivity contribution in [2.24, 2.45) is 0 Å². The molecule has 34 heavy (non-hydrogen) atoms. The lowest BCUT2D eigenvalue weighted by atomic mass is 10.1. The van der Waals surface area contributed by atoms with E-state index in [2.05, 4.69) is 9.47 Å². The molecule has 3 aromatic rings. The van der Waals surface area contributed by atoms with E-state index in [0.29, 0.717) is 18.4 Å². The van der Waals surface area contributed by atoms with Gasteiger partial charge >= 0.3 is 0 Å². The number of carbonyl (C=O) groups is 1. The fourth-order valence-electron chi connectivity index (χ4n) is 4.61. The molecule has 0 amide bonds. The Morgan fingerprint density at radius 1 is 1.06 bits per heavy atom. The normalized spacial score (nSPS) is 15.0. The minimum Gasteiger partial charge on any atom is -0.497 e. The number of benzene rings is 2. The molecule has 1 aromatic heterocycles. The van der Waals surface area contributed by atoms with Crippen molar-refractivity contribution in [1.82, 2.24) is 9.47 Å². The van der Waals surface area contributed by atoms with E-state index in [4.69, 9.17) is 14.6 Å². The summed E-state index contributed by atoms with van der Waals surface area (Å²) in [6.07, 6.45) is 5.80. The second kappa shape index (κ2) is 11.5. The van der Waals surface area contributed by atoms with E-state index in [1.807, 2.05) is 24.4 Å². The minimum absolute atomic E-state index is 0.0132. The van der Waals surface area contributed by atoms with Crippen LogP contribution in [-0.2, 0) is 6.54 Å². The average molecular weight is 469 g/mol. The van der Waals surface area contributed by atoms with Crippen molar-refractivity contribution >= 4 is 16.7 Å². The van der Waals surface area contributed by atoms with E-state index in [-0.39, 0.29) is 24.3 Å². The molecule has 0 bridgehead atoms. The number of ether oxygens (including phenoxy) is 2. The first kappa shape index (κ1) is 24.2. The molecule has 1 aliphatic rings. The van der Waals surface area contributed by atoms with Crippen LogP contribution in [0, 0.1) is 5.82 Å². The number of ketones is 1. The molecule has 0 radical (unpaired) electrons. The Balaban J connectivity index is 1.32. The number of aliphatic hydroxyl groups is 1. The molecule has 1 fully saturated rings. The summed E-state index contributed by atoms with van der Waals surface area (Å²) >= 11 is 0. The molecule has 1 N–H and O–H groups in total. The van der Waals surface area contributed by atoms with Gasteiger partial charge in [0.1, 0.15) is 23.4 Å². The third kappa shape index (κ3) is 5.96. The molecule has 2 heterocycles. The first-order valence-corrected chi connectivity index (χ1v) is 12.0. The molecule has 2 aromatic carbocycles. The van der Waals surface area contributed by atoms with E-state index >= 15 is 0 Å². The van der Waals surface area contributed by atoms with Gasteiger partial charge < -0.3 is 24.0 Å². The zero-order chi connectivity index (χ0) is 23.9. The summed E-state index contributed by atoms with van der Waals surface area (Å²) in [7, 11) is 1.62. The van der Waals surface area contributed by atoms with Gasteiger partial charge in [0.25, 0.3) is 0 Å². The van der Waals surface area contributed by atoms with Gasteiger partial charge in [0.2, 0.25) is 0 Å². The van der Waals surface area contributed by atoms with Crippen LogP contribution in [0.3, 0.4) is 0 Å². The lowest BCUT2D eigenvalue weighted by Gasteiger charge is -2.32. The number of carbonyl (C=O) groups excluding carboxylic acids is 1. The summed E-state index contributed by atoms with van der Waals surface area (Å²) in [5.41, 5.74) is 1.72. The number of aliphatic hydroxyl groups excluding tert-OH is 1. The van der Waals surface area contributed by atoms with Crippen LogP contribution in [-0.4, -0.2) is 59.8 Å². The van der Waals surface area contributed by atoms with E-state index < -0.39 is 0 Å². The highest BCUT2D eigenvalue weighted by atomic mass is 19.1. The van der Waals surface area contributed by atoms with Crippen LogP contribution < -0.4 is 9.47 Å². The molecule has 0 atom stereocenters. The molecule has 0 aliphatic carbocycles. The number of Topliss-reactive ketones (excluding diaryl/α,β-unsaturated/α-hetero) is 1. The van der Waals surface area contributed by atoms with Gasteiger partial charge in [0, 0.05) is 55.3 Å². The summed E-state index contributed by atoms with van der Waals surface area (Å²) < 4.78 is 26.6. The number of nitrogens with zero attached hydrogens (tertiary/aromatic N) is 2. The Bertz CT molecular complexity index is 1090. The zero-order valence-corrected chi connectivity index (χ0v) is 19.7. The molecule has 0 saturated carbocycles. The van der Waals surface area contributed by atoms with Crippen LogP contribution >= 0.6 is 0 Å². The predicted molar refractivity (Wildman–Crippen MR) is 130 cm³/mol. The SMILES string of the molecule is COc1ccc2c(c1)c(C(=O)CCCO)cn2CCCN1CCC(Oc2ccc(F)cc2)CC1.